The summed E-state index contributed by atoms with van der Waals surface area (Å²) in [7, 11) is -2.64. The highest BCUT2D eigenvalue weighted by molar-refractivity contribution is 7.87. The van der Waals surface area contributed by atoms with Crippen LogP contribution in [0.1, 0.15) is 6.42 Å². The van der Waals surface area contributed by atoms with E-state index in [1.165, 1.54) is 0 Å². The molecule has 0 bridgehead atoms. The number of rotatable bonds is 1. The molecule has 1 rings (SSSR count). The van der Waals surface area contributed by atoms with E-state index in [1.807, 2.05) is 0 Å². The Labute approximate surface area is 65.4 Å². The lowest BCUT2D eigenvalue weighted by Crippen LogP contribution is -2.40. The molecule has 0 amide bonds. The molecule has 1 unspecified atom stereocenters. The van der Waals surface area contributed by atoms with Crippen LogP contribution in [-0.2, 0) is 10.1 Å². The highest BCUT2D eigenvalue weighted by atomic mass is 32.2. The van der Waals surface area contributed by atoms with E-state index in [4.69, 9.17) is 4.55 Å². The van der Waals surface area contributed by atoms with Gasteiger partial charge < -0.3 is 10.0 Å². The zero-order valence-corrected chi connectivity index (χ0v) is 7.00. The first kappa shape index (κ1) is 8.92. The van der Waals surface area contributed by atoms with Crippen LogP contribution in [0, 0.1) is 0 Å². The molecule has 0 spiro atoms. The lowest BCUT2D eigenvalue weighted by atomic mass is 10.3. The van der Waals surface area contributed by atoms with Gasteiger partial charge in [-0.1, -0.05) is 0 Å². The van der Waals surface area contributed by atoms with Gasteiger partial charge in [-0.15, -0.1) is 0 Å². The first-order chi connectivity index (χ1) is 4.85. The fraction of sp³-hybridized carbons (Fsp3) is 1.00. The summed E-state index contributed by atoms with van der Waals surface area (Å²) < 4.78 is 29.7. The summed E-state index contributed by atoms with van der Waals surface area (Å²) in [4.78, 5) is -0.296. The largest absolute Gasteiger partial charge is 0.371 e. The minimum Gasteiger partial charge on any atom is -0.371 e. The van der Waals surface area contributed by atoms with Gasteiger partial charge in [0.2, 0.25) is 4.93 Å². The van der Waals surface area contributed by atoms with Crippen LogP contribution in [0.4, 0.5) is 0 Å². The van der Waals surface area contributed by atoms with E-state index < -0.39 is 15.1 Å². The molecule has 1 saturated heterocycles. The van der Waals surface area contributed by atoms with Gasteiger partial charge in [-0.3, -0.25) is 4.55 Å². The quantitative estimate of drug-likeness (QED) is 0.502. The van der Waals surface area contributed by atoms with Crippen molar-refractivity contribution in [3.05, 3.63) is 0 Å². The standard InChI is InChI=1S/C5H11NO4S/c1-6-3-2-5(7,4-6)11(8,9)10/h7H,2-4H2,1H3,(H,8,9,10). The third-order valence-electron chi connectivity index (χ3n) is 1.88. The van der Waals surface area contributed by atoms with Crippen LogP contribution >= 0.6 is 0 Å². The second-order valence-corrected chi connectivity index (χ2v) is 4.62. The maximum Gasteiger partial charge on any atom is 0.296 e. The van der Waals surface area contributed by atoms with Gasteiger partial charge in [0, 0.05) is 19.5 Å². The summed E-state index contributed by atoms with van der Waals surface area (Å²) in [6, 6.07) is 0. The molecule has 2 N–H and O–H groups in total. The van der Waals surface area contributed by atoms with Crippen molar-refractivity contribution in [2.75, 3.05) is 20.1 Å². The normalized spacial score (nSPS) is 34.5. The Balaban J connectivity index is 2.87. The minimum absolute atomic E-state index is 0.0220. The Hall–Kier alpha value is -0.170. The first-order valence-electron chi connectivity index (χ1n) is 3.23. The molecule has 1 heterocycles. The Bertz CT molecular complexity index is 249. The summed E-state index contributed by atoms with van der Waals surface area (Å²) in [5, 5.41) is 9.32. The van der Waals surface area contributed by atoms with Crippen molar-refractivity contribution in [3.8, 4) is 0 Å². The average Bonchev–Trinajstić information content (AvgIpc) is 2.10. The van der Waals surface area contributed by atoms with Crippen molar-refractivity contribution in [1.82, 2.24) is 4.90 Å². The molecular formula is C5H11NO4S. The Kier molecular flexibility index (Phi) is 1.96. The molecule has 0 aromatic heterocycles. The maximum absolute atomic E-state index is 10.6. The molecule has 1 aliphatic rings. The van der Waals surface area contributed by atoms with Crippen molar-refractivity contribution in [2.45, 2.75) is 11.4 Å². The van der Waals surface area contributed by atoms with Gasteiger partial charge in [-0.25, -0.2) is 0 Å². The highest BCUT2D eigenvalue weighted by Gasteiger charge is 2.45. The number of hydrogen-bond acceptors (Lipinski definition) is 4. The van der Waals surface area contributed by atoms with E-state index in [0.29, 0.717) is 6.54 Å². The van der Waals surface area contributed by atoms with Crippen molar-refractivity contribution < 1.29 is 18.1 Å². The number of likely N-dealkylation sites (N-methyl/N-ethyl adjacent to an activating group) is 1. The van der Waals surface area contributed by atoms with Gasteiger partial charge in [-0.05, 0) is 7.05 Å². The number of aliphatic hydroxyl groups is 1. The molecule has 0 saturated carbocycles. The smallest absolute Gasteiger partial charge is 0.296 e. The third-order valence-corrected chi connectivity index (χ3v) is 3.17. The molecule has 0 aromatic rings. The number of nitrogens with zero attached hydrogens (tertiary/aromatic N) is 1. The SMILES string of the molecule is CN1CCC(O)(S(=O)(=O)O)C1. The van der Waals surface area contributed by atoms with E-state index in [-0.39, 0.29) is 13.0 Å². The van der Waals surface area contributed by atoms with Crippen molar-refractivity contribution in [2.24, 2.45) is 0 Å². The summed E-state index contributed by atoms with van der Waals surface area (Å²) in [5.74, 6) is 0. The Morgan fingerprint density at radius 2 is 2.09 bits per heavy atom. The molecule has 11 heavy (non-hydrogen) atoms. The van der Waals surface area contributed by atoms with Gasteiger partial charge in [-0.2, -0.15) is 8.42 Å². The molecule has 5 nitrogen and oxygen atoms in total. The van der Waals surface area contributed by atoms with Crippen LogP contribution in [0.2, 0.25) is 0 Å². The Morgan fingerprint density at radius 1 is 1.55 bits per heavy atom. The van der Waals surface area contributed by atoms with Crippen LogP contribution in [0.3, 0.4) is 0 Å². The van der Waals surface area contributed by atoms with Crippen LogP contribution in [-0.4, -0.2) is 48.0 Å². The Morgan fingerprint density at radius 3 is 2.27 bits per heavy atom. The van der Waals surface area contributed by atoms with Gasteiger partial charge in [0.1, 0.15) is 0 Å². The predicted octanol–water partition coefficient (Wildman–Crippen LogP) is -1.10. The average molecular weight is 181 g/mol. The summed E-state index contributed by atoms with van der Waals surface area (Å²) in [6.45, 7) is 0.460. The lowest BCUT2D eigenvalue weighted by molar-refractivity contribution is 0.123. The summed E-state index contributed by atoms with van der Waals surface area (Å²) >= 11 is 0. The molecule has 1 atom stereocenters. The second-order valence-electron chi connectivity index (χ2n) is 2.91. The first-order valence-corrected chi connectivity index (χ1v) is 4.67. The maximum atomic E-state index is 10.6. The monoisotopic (exact) mass is 181 g/mol. The summed E-state index contributed by atoms with van der Waals surface area (Å²) in [5.41, 5.74) is 0. The molecule has 1 aliphatic heterocycles. The number of hydrogen-bond donors (Lipinski definition) is 2. The molecule has 1 fully saturated rings. The van der Waals surface area contributed by atoms with Gasteiger partial charge in [0.15, 0.2) is 0 Å². The van der Waals surface area contributed by atoms with Gasteiger partial charge >= 0.3 is 0 Å². The van der Waals surface area contributed by atoms with Crippen molar-refractivity contribution in [1.29, 1.82) is 0 Å². The van der Waals surface area contributed by atoms with Crippen LogP contribution in [0.25, 0.3) is 0 Å². The molecule has 0 radical (unpaired) electrons. The van der Waals surface area contributed by atoms with Crippen LogP contribution < -0.4 is 0 Å². The van der Waals surface area contributed by atoms with E-state index in [0.717, 1.165) is 0 Å². The molecule has 6 heteroatoms. The van der Waals surface area contributed by atoms with Gasteiger partial charge in [0.25, 0.3) is 10.1 Å². The van der Waals surface area contributed by atoms with Crippen LogP contribution in [0.15, 0.2) is 0 Å². The fourth-order valence-corrected chi connectivity index (χ4v) is 1.89. The minimum atomic E-state index is -4.32. The molecule has 0 aliphatic carbocycles. The van der Waals surface area contributed by atoms with Crippen LogP contribution in [0.5, 0.6) is 0 Å². The third kappa shape index (κ3) is 1.53. The zero-order chi connectivity index (χ0) is 8.70. The van der Waals surface area contributed by atoms with E-state index in [2.05, 4.69) is 0 Å². The second kappa shape index (κ2) is 2.41. The fourth-order valence-electron chi connectivity index (χ4n) is 1.16. The van der Waals surface area contributed by atoms with E-state index >= 15 is 0 Å². The van der Waals surface area contributed by atoms with Crippen molar-refractivity contribution >= 4 is 10.1 Å². The van der Waals surface area contributed by atoms with E-state index in [1.54, 1.807) is 11.9 Å². The zero-order valence-electron chi connectivity index (χ0n) is 6.19. The lowest BCUT2D eigenvalue weighted by Gasteiger charge is -2.17. The highest BCUT2D eigenvalue weighted by Crippen LogP contribution is 2.24. The molecule has 66 valence electrons. The molecule has 0 aromatic carbocycles. The van der Waals surface area contributed by atoms with Crippen molar-refractivity contribution in [3.63, 3.8) is 0 Å². The topological polar surface area (TPSA) is 77.8 Å². The summed E-state index contributed by atoms with van der Waals surface area (Å²) in [6.07, 6.45) is 0.0718. The number of likely N-dealkylation sites (tertiary alicyclic amines) is 1. The predicted molar refractivity (Wildman–Crippen MR) is 38.6 cm³/mol. The number of β-amino-alcohol motifs (C(OH)–C–C–N with tert-alkyl or cyclic N) is 1. The van der Waals surface area contributed by atoms with Gasteiger partial charge in [0.05, 0.1) is 0 Å². The van der Waals surface area contributed by atoms with E-state index in [9.17, 15) is 13.5 Å². The molecular weight excluding hydrogens is 170 g/mol.